The highest BCUT2D eigenvalue weighted by atomic mass is 16.5. The molecule has 0 unspecified atom stereocenters. The van der Waals surface area contributed by atoms with E-state index in [1.165, 1.54) is 0 Å². The Morgan fingerprint density at radius 3 is 3.00 bits per heavy atom. The first-order chi connectivity index (χ1) is 10.2. The van der Waals surface area contributed by atoms with Gasteiger partial charge in [0.25, 0.3) is 0 Å². The molecule has 0 fully saturated rings. The summed E-state index contributed by atoms with van der Waals surface area (Å²) in [6, 6.07) is 5.75. The van der Waals surface area contributed by atoms with Crippen LogP contribution in [0, 0.1) is 0 Å². The Bertz CT molecular complexity index is 616. The van der Waals surface area contributed by atoms with Crippen LogP contribution in [0.3, 0.4) is 0 Å². The summed E-state index contributed by atoms with van der Waals surface area (Å²) in [5.74, 6) is -0.0110. The number of nitrogens with zero attached hydrogens (tertiary/aromatic N) is 1. The van der Waals surface area contributed by atoms with E-state index in [4.69, 9.17) is 10.5 Å². The van der Waals surface area contributed by atoms with Crippen LogP contribution in [0.2, 0.25) is 0 Å². The third-order valence-electron chi connectivity index (χ3n) is 3.16. The maximum absolute atomic E-state index is 11.6. The molecule has 0 radical (unpaired) electrons. The number of fused-ring (bicyclic) bond motifs is 1. The van der Waals surface area contributed by atoms with Crippen molar-refractivity contribution in [3.8, 4) is 0 Å². The third kappa shape index (κ3) is 4.06. The average molecular weight is 288 g/mol. The topological polar surface area (TPSA) is 89.3 Å². The van der Waals surface area contributed by atoms with Gasteiger partial charge >= 0.3 is 0 Å². The lowest BCUT2D eigenvalue weighted by atomic mass is 10.1. The monoisotopic (exact) mass is 288 g/mol. The molecule has 112 valence electrons. The van der Waals surface area contributed by atoms with Crippen LogP contribution in [0.5, 0.6) is 0 Å². The van der Waals surface area contributed by atoms with Gasteiger partial charge in [0.05, 0.1) is 18.0 Å². The van der Waals surface area contributed by atoms with Gasteiger partial charge in [0, 0.05) is 49.8 Å². The Morgan fingerprint density at radius 2 is 2.19 bits per heavy atom. The fourth-order valence-corrected chi connectivity index (χ4v) is 2.04. The molecule has 0 saturated carbocycles. The lowest BCUT2D eigenvalue weighted by Gasteiger charge is -2.11. The summed E-state index contributed by atoms with van der Waals surface area (Å²) >= 11 is 0. The Morgan fingerprint density at radius 1 is 1.33 bits per heavy atom. The van der Waals surface area contributed by atoms with Crippen molar-refractivity contribution >= 4 is 28.1 Å². The summed E-state index contributed by atoms with van der Waals surface area (Å²) in [6.07, 6.45) is 3.88. The lowest BCUT2D eigenvalue weighted by molar-refractivity contribution is -0.121. The Balaban J connectivity index is 1.89. The van der Waals surface area contributed by atoms with Gasteiger partial charge in [0.2, 0.25) is 5.91 Å². The van der Waals surface area contributed by atoms with Crippen molar-refractivity contribution in [1.82, 2.24) is 10.3 Å². The zero-order valence-electron chi connectivity index (χ0n) is 12.1. The Kier molecular flexibility index (Phi) is 5.34. The molecule has 6 nitrogen and oxygen atoms in total. The quantitative estimate of drug-likeness (QED) is 0.529. The molecule has 4 N–H and O–H groups in total. The van der Waals surface area contributed by atoms with Crippen LogP contribution >= 0.6 is 0 Å². The summed E-state index contributed by atoms with van der Waals surface area (Å²) in [6.45, 7) is 1.57. The number of benzene rings is 1. The zero-order valence-corrected chi connectivity index (χ0v) is 12.1. The number of hydrogen-bond acceptors (Lipinski definition) is 5. The SMILES string of the molecule is COCCNC(=O)CCNc1ccc2cnccc2c1N. The number of hydrogen-bond donors (Lipinski definition) is 3. The zero-order chi connectivity index (χ0) is 15.1. The van der Waals surface area contributed by atoms with Gasteiger partial charge in [-0.15, -0.1) is 0 Å². The van der Waals surface area contributed by atoms with Crippen molar-refractivity contribution in [2.75, 3.05) is 37.9 Å². The molecule has 6 heteroatoms. The van der Waals surface area contributed by atoms with E-state index in [1.54, 1.807) is 19.5 Å². The fraction of sp³-hybridized carbons (Fsp3) is 0.333. The molecule has 2 rings (SSSR count). The molecular weight excluding hydrogens is 268 g/mol. The van der Waals surface area contributed by atoms with Gasteiger partial charge in [0.1, 0.15) is 0 Å². The smallest absolute Gasteiger partial charge is 0.221 e. The van der Waals surface area contributed by atoms with E-state index < -0.39 is 0 Å². The maximum atomic E-state index is 11.6. The molecule has 0 bridgehead atoms. The third-order valence-corrected chi connectivity index (χ3v) is 3.16. The number of rotatable bonds is 7. The molecule has 0 aliphatic rings. The van der Waals surface area contributed by atoms with Gasteiger partial charge < -0.3 is 21.1 Å². The molecule has 2 aromatic rings. The van der Waals surface area contributed by atoms with Crippen LogP contribution in [0.4, 0.5) is 11.4 Å². The van der Waals surface area contributed by atoms with E-state index in [1.807, 2.05) is 18.2 Å². The molecule has 0 saturated heterocycles. The Hall–Kier alpha value is -2.34. The number of amides is 1. The van der Waals surface area contributed by atoms with Crippen LogP contribution in [-0.2, 0) is 9.53 Å². The van der Waals surface area contributed by atoms with E-state index >= 15 is 0 Å². The minimum Gasteiger partial charge on any atom is -0.397 e. The van der Waals surface area contributed by atoms with Gasteiger partial charge in [-0.25, -0.2) is 0 Å². The number of anilines is 2. The number of methoxy groups -OCH3 is 1. The van der Waals surface area contributed by atoms with Gasteiger partial charge in [-0.3, -0.25) is 9.78 Å². The first-order valence-corrected chi connectivity index (χ1v) is 6.84. The number of nitrogen functional groups attached to an aromatic ring is 1. The number of nitrogens with one attached hydrogen (secondary N) is 2. The highest BCUT2D eigenvalue weighted by Crippen LogP contribution is 2.27. The molecule has 1 heterocycles. The minimum absolute atomic E-state index is 0.0110. The molecule has 0 aliphatic heterocycles. The highest BCUT2D eigenvalue weighted by molar-refractivity contribution is 5.98. The number of carbonyl (C=O) groups excluding carboxylic acids is 1. The largest absolute Gasteiger partial charge is 0.397 e. The predicted octanol–water partition coefficient (Wildman–Crippen LogP) is 1.38. The van der Waals surface area contributed by atoms with Crippen LogP contribution in [0.15, 0.2) is 30.6 Å². The van der Waals surface area contributed by atoms with Crippen LogP contribution in [-0.4, -0.2) is 37.7 Å². The van der Waals surface area contributed by atoms with Crippen molar-refractivity contribution in [1.29, 1.82) is 0 Å². The lowest BCUT2D eigenvalue weighted by Crippen LogP contribution is -2.28. The van der Waals surface area contributed by atoms with Gasteiger partial charge in [0.15, 0.2) is 0 Å². The molecule has 1 aromatic carbocycles. The molecule has 0 spiro atoms. The number of aromatic nitrogens is 1. The van der Waals surface area contributed by atoms with Crippen LogP contribution in [0.1, 0.15) is 6.42 Å². The molecule has 21 heavy (non-hydrogen) atoms. The predicted molar refractivity (Wildman–Crippen MR) is 84.1 cm³/mol. The van der Waals surface area contributed by atoms with Crippen molar-refractivity contribution in [3.05, 3.63) is 30.6 Å². The van der Waals surface area contributed by atoms with Crippen molar-refractivity contribution < 1.29 is 9.53 Å². The first-order valence-electron chi connectivity index (χ1n) is 6.84. The fourth-order valence-electron chi connectivity index (χ4n) is 2.04. The second-order valence-corrected chi connectivity index (χ2v) is 4.64. The number of ether oxygens (including phenoxy) is 1. The first kappa shape index (κ1) is 15.1. The van der Waals surface area contributed by atoms with Gasteiger partial charge in [-0.2, -0.15) is 0 Å². The maximum Gasteiger partial charge on any atom is 0.221 e. The van der Waals surface area contributed by atoms with Crippen molar-refractivity contribution in [2.45, 2.75) is 6.42 Å². The van der Waals surface area contributed by atoms with Crippen LogP contribution in [0.25, 0.3) is 10.8 Å². The average Bonchev–Trinajstić information content (AvgIpc) is 2.50. The molecule has 0 atom stereocenters. The highest BCUT2D eigenvalue weighted by Gasteiger charge is 2.05. The van der Waals surface area contributed by atoms with Gasteiger partial charge in [-0.05, 0) is 12.1 Å². The number of nitrogens with two attached hydrogens (primary N) is 1. The molecular formula is C15H20N4O2. The molecule has 1 amide bonds. The summed E-state index contributed by atoms with van der Waals surface area (Å²) in [5.41, 5.74) is 7.63. The molecule has 0 aliphatic carbocycles. The summed E-state index contributed by atoms with van der Waals surface area (Å²) in [7, 11) is 1.60. The molecule has 1 aromatic heterocycles. The number of carbonyl (C=O) groups is 1. The van der Waals surface area contributed by atoms with E-state index in [9.17, 15) is 4.79 Å². The van der Waals surface area contributed by atoms with E-state index in [2.05, 4.69) is 15.6 Å². The number of pyridine rings is 1. The van der Waals surface area contributed by atoms with Crippen molar-refractivity contribution in [3.63, 3.8) is 0 Å². The second kappa shape index (κ2) is 7.44. The summed E-state index contributed by atoms with van der Waals surface area (Å²) < 4.78 is 4.87. The minimum atomic E-state index is -0.0110. The van der Waals surface area contributed by atoms with Crippen molar-refractivity contribution in [2.24, 2.45) is 0 Å². The van der Waals surface area contributed by atoms with Crippen LogP contribution < -0.4 is 16.4 Å². The van der Waals surface area contributed by atoms with Gasteiger partial charge in [-0.1, -0.05) is 6.07 Å². The Labute approximate surface area is 123 Å². The summed E-state index contributed by atoms with van der Waals surface area (Å²) in [4.78, 5) is 15.6. The second-order valence-electron chi connectivity index (χ2n) is 4.64. The summed E-state index contributed by atoms with van der Waals surface area (Å²) in [5, 5.41) is 7.92. The standard InChI is InChI=1S/C15H20N4O2/c1-21-9-8-19-14(20)5-7-18-13-3-2-11-10-17-6-4-12(11)15(13)16/h2-4,6,10,18H,5,7-9,16H2,1H3,(H,19,20). The van der Waals surface area contributed by atoms with E-state index in [-0.39, 0.29) is 5.91 Å². The van der Waals surface area contributed by atoms with E-state index in [0.717, 1.165) is 16.5 Å². The van der Waals surface area contributed by atoms with E-state index in [0.29, 0.717) is 31.8 Å². The normalized spacial score (nSPS) is 10.5.